The van der Waals surface area contributed by atoms with Gasteiger partial charge in [0.05, 0.1) is 6.20 Å². The predicted octanol–water partition coefficient (Wildman–Crippen LogP) is 0.547. The van der Waals surface area contributed by atoms with E-state index in [2.05, 4.69) is 20.5 Å². The first-order valence-electron chi connectivity index (χ1n) is 4.94. The lowest BCUT2D eigenvalue weighted by molar-refractivity contribution is 0.0370. The summed E-state index contributed by atoms with van der Waals surface area (Å²) in [7, 11) is 3.45. The van der Waals surface area contributed by atoms with Crippen LogP contribution in [0.1, 0.15) is 18.7 Å². The largest absolute Gasteiger partial charge is 0.358 e. The zero-order valence-corrected chi connectivity index (χ0v) is 9.75. The van der Waals surface area contributed by atoms with Crippen LogP contribution in [0.15, 0.2) is 6.20 Å². The molecule has 0 aliphatic heterocycles. The molecule has 2 aromatic heterocycles. The molecule has 0 saturated heterocycles. The third kappa shape index (κ3) is 1.69. The molecule has 7 nitrogen and oxygen atoms in total. The maximum Gasteiger partial charge on any atom is 0.223 e. The fraction of sp³-hybridized carbons (Fsp3) is 0.556. The Morgan fingerprint density at radius 2 is 2.19 bits per heavy atom. The van der Waals surface area contributed by atoms with Crippen molar-refractivity contribution < 1.29 is 4.74 Å². The molecule has 86 valence electrons. The summed E-state index contributed by atoms with van der Waals surface area (Å²) in [5, 5.41) is 16.3. The SMILES string of the molecule is COC(C)n1nnc(-c2c(C)cnn2C)n1. The number of nitrogens with zero attached hydrogens (tertiary/aromatic N) is 6. The van der Waals surface area contributed by atoms with Crippen molar-refractivity contribution in [2.45, 2.75) is 20.1 Å². The van der Waals surface area contributed by atoms with Crippen LogP contribution in [0.3, 0.4) is 0 Å². The van der Waals surface area contributed by atoms with Gasteiger partial charge in [-0.2, -0.15) is 5.10 Å². The van der Waals surface area contributed by atoms with Crippen molar-refractivity contribution in [2.24, 2.45) is 7.05 Å². The molecular weight excluding hydrogens is 208 g/mol. The van der Waals surface area contributed by atoms with Gasteiger partial charge in [-0.05, 0) is 24.6 Å². The van der Waals surface area contributed by atoms with E-state index in [0.717, 1.165) is 11.3 Å². The molecule has 1 unspecified atom stereocenters. The van der Waals surface area contributed by atoms with Crippen LogP contribution in [0.4, 0.5) is 0 Å². The van der Waals surface area contributed by atoms with Gasteiger partial charge in [-0.25, -0.2) is 0 Å². The fourth-order valence-electron chi connectivity index (χ4n) is 1.44. The quantitative estimate of drug-likeness (QED) is 0.758. The van der Waals surface area contributed by atoms with Gasteiger partial charge in [-0.15, -0.1) is 15.0 Å². The number of rotatable bonds is 3. The number of methoxy groups -OCH3 is 1. The normalized spacial score (nSPS) is 13.0. The van der Waals surface area contributed by atoms with Crippen LogP contribution < -0.4 is 0 Å². The zero-order chi connectivity index (χ0) is 11.7. The maximum atomic E-state index is 5.10. The molecule has 16 heavy (non-hydrogen) atoms. The number of aryl methyl sites for hydroxylation is 2. The van der Waals surface area contributed by atoms with Crippen LogP contribution in [0.5, 0.6) is 0 Å². The molecule has 2 heterocycles. The topological polar surface area (TPSA) is 70.7 Å². The Bertz CT molecular complexity index is 468. The van der Waals surface area contributed by atoms with E-state index in [9.17, 15) is 0 Å². The second-order valence-electron chi connectivity index (χ2n) is 3.57. The molecule has 0 saturated carbocycles. The molecule has 2 aromatic rings. The van der Waals surface area contributed by atoms with Gasteiger partial charge in [0.2, 0.25) is 5.82 Å². The summed E-state index contributed by atoms with van der Waals surface area (Å²) in [4.78, 5) is 1.43. The van der Waals surface area contributed by atoms with Gasteiger partial charge >= 0.3 is 0 Å². The monoisotopic (exact) mass is 222 g/mol. The summed E-state index contributed by atoms with van der Waals surface area (Å²) in [6.07, 6.45) is 1.55. The van der Waals surface area contributed by atoms with Crippen molar-refractivity contribution >= 4 is 0 Å². The highest BCUT2D eigenvalue weighted by molar-refractivity contribution is 5.52. The molecule has 0 aliphatic carbocycles. The molecule has 7 heteroatoms. The van der Waals surface area contributed by atoms with Crippen molar-refractivity contribution in [2.75, 3.05) is 7.11 Å². The number of hydrogen-bond donors (Lipinski definition) is 0. The third-order valence-corrected chi connectivity index (χ3v) is 2.43. The van der Waals surface area contributed by atoms with Crippen molar-refractivity contribution in [3.63, 3.8) is 0 Å². The molecule has 2 rings (SSSR count). The minimum atomic E-state index is -0.227. The smallest absolute Gasteiger partial charge is 0.223 e. The van der Waals surface area contributed by atoms with Gasteiger partial charge in [-0.3, -0.25) is 4.68 Å². The van der Waals surface area contributed by atoms with Crippen molar-refractivity contribution in [1.82, 2.24) is 30.0 Å². The molecule has 0 aromatic carbocycles. The second-order valence-corrected chi connectivity index (χ2v) is 3.57. The zero-order valence-electron chi connectivity index (χ0n) is 9.75. The lowest BCUT2D eigenvalue weighted by Crippen LogP contribution is -2.10. The standard InChI is InChI=1S/C9H14N6O/c1-6-5-10-14(3)8(6)9-11-13-15(12-9)7(2)16-4/h5,7H,1-4H3. The summed E-state index contributed by atoms with van der Waals surface area (Å²) < 4.78 is 6.83. The fourth-order valence-corrected chi connectivity index (χ4v) is 1.44. The van der Waals surface area contributed by atoms with Gasteiger partial charge < -0.3 is 4.74 Å². The van der Waals surface area contributed by atoms with Crippen LogP contribution in [-0.4, -0.2) is 37.1 Å². The summed E-state index contributed by atoms with van der Waals surface area (Å²) in [6.45, 7) is 3.81. The first kappa shape index (κ1) is 10.7. The highest BCUT2D eigenvalue weighted by atomic mass is 16.5. The Morgan fingerprint density at radius 1 is 1.44 bits per heavy atom. The molecule has 0 amide bonds. The van der Waals surface area contributed by atoms with E-state index in [1.165, 1.54) is 4.80 Å². The minimum absolute atomic E-state index is 0.227. The molecule has 0 spiro atoms. The molecule has 0 aliphatic rings. The van der Waals surface area contributed by atoms with Crippen LogP contribution in [0.25, 0.3) is 11.5 Å². The Labute approximate surface area is 93.0 Å². The van der Waals surface area contributed by atoms with Crippen LogP contribution in [-0.2, 0) is 11.8 Å². The number of ether oxygens (including phenoxy) is 1. The van der Waals surface area contributed by atoms with E-state index in [4.69, 9.17) is 4.74 Å². The lowest BCUT2D eigenvalue weighted by atomic mass is 10.3. The highest BCUT2D eigenvalue weighted by Gasteiger charge is 2.15. The molecule has 0 bridgehead atoms. The van der Waals surface area contributed by atoms with Gasteiger partial charge in [0.25, 0.3) is 0 Å². The van der Waals surface area contributed by atoms with E-state index < -0.39 is 0 Å². The summed E-state index contributed by atoms with van der Waals surface area (Å²) in [6, 6.07) is 0. The molecular formula is C9H14N6O. The molecule has 0 radical (unpaired) electrons. The first-order valence-corrected chi connectivity index (χ1v) is 4.94. The maximum absolute atomic E-state index is 5.10. The Hall–Kier alpha value is -1.76. The van der Waals surface area contributed by atoms with Gasteiger partial charge in [0.1, 0.15) is 5.69 Å². The Balaban J connectivity index is 2.39. The van der Waals surface area contributed by atoms with E-state index >= 15 is 0 Å². The van der Waals surface area contributed by atoms with Crippen molar-refractivity contribution in [3.8, 4) is 11.5 Å². The summed E-state index contributed by atoms with van der Waals surface area (Å²) in [5.41, 5.74) is 1.89. The number of aromatic nitrogens is 6. The second kappa shape index (κ2) is 4.01. The molecule has 0 fully saturated rings. The average Bonchev–Trinajstić information content (AvgIpc) is 2.85. The lowest BCUT2D eigenvalue weighted by Gasteiger charge is -2.05. The van der Waals surface area contributed by atoms with Gasteiger partial charge in [0.15, 0.2) is 6.23 Å². The van der Waals surface area contributed by atoms with E-state index in [1.54, 1.807) is 18.0 Å². The first-order chi connectivity index (χ1) is 7.63. The third-order valence-electron chi connectivity index (χ3n) is 2.43. The predicted molar refractivity (Wildman–Crippen MR) is 56.5 cm³/mol. The van der Waals surface area contributed by atoms with Crippen LogP contribution in [0, 0.1) is 6.92 Å². The summed E-state index contributed by atoms with van der Waals surface area (Å²) >= 11 is 0. The minimum Gasteiger partial charge on any atom is -0.358 e. The van der Waals surface area contributed by atoms with E-state index in [1.807, 2.05) is 20.9 Å². The molecule has 0 N–H and O–H groups in total. The van der Waals surface area contributed by atoms with E-state index in [0.29, 0.717) is 5.82 Å². The Kier molecular flexibility index (Phi) is 2.69. The summed E-state index contributed by atoms with van der Waals surface area (Å²) in [5.74, 6) is 0.557. The van der Waals surface area contributed by atoms with Crippen molar-refractivity contribution in [3.05, 3.63) is 11.8 Å². The van der Waals surface area contributed by atoms with Gasteiger partial charge in [-0.1, -0.05) is 0 Å². The van der Waals surface area contributed by atoms with E-state index in [-0.39, 0.29) is 6.23 Å². The molecule has 1 atom stereocenters. The van der Waals surface area contributed by atoms with Crippen LogP contribution >= 0.6 is 0 Å². The average molecular weight is 222 g/mol. The van der Waals surface area contributed by atoms with Crippen molar-refractivity contribution in [1.29, 1.82) is 0 Å². The number of hydrogen-bond acceptors (Lipinski definition) is 5. The van der Waals surface area contributed by atoms with Gasteiger partial charge in [0, 0.05) is 14.2 Å². The highest BCUT2D eigenvalue weighted by Crippen LogP contribution is 2.17. The van der Waals surface area contributed by atoms with Crippen LogP contribution in [0.2, 0.25) is 0 Å². The Morgan fingerprint density at radius 3 is 2.75 bits per heavy atom. The number of tetrazole rings is 1.